The zero-order chi connectivity index (χ0) is 36.6. The molecular weight excluding hydrogens is 661 g/mol. The third-order valence-corrected chi connectivity index (χ3v) is 10.0. The topological polar surface area (TPSA) is 71.7 Å². The molecule has 9 rings (SSSR count). The molecular formula is C49H34N4O. The first kappa shape index (κ1) is 32.7. The Hall–Kier alpha value is -7.16. The van der Waals surface area contributed by atoms with E-state index in [2.05, 4.69) is 129 Å². The van der Waals surface area contributed by atoms with Crippen molar-refractivity contribution in [1.82, 2.24) is 15.0 Å². The number of aromatic nitrogens is 3. The maximum atomic E-state index is 9.26. The zero-order valence-electron chi connectivity index (χ0n) is 29.9. The Morgan fingerprint density at radius 3 is 1.50 bits per heavy atom. The van der Waals surface area contributed by atoms with Crippen LogP contribution in [0.3, 0.4) is 0 Å². The SMILES string of the molecule is CC1(C)Oc2ccc(-c3nc(-c4ccc(-c5ccc(C#N)cc5)cc4)nc(-c4cc(-c5ccccc5)cc(-c5ccccc5)c4)n3)cc2-c2ccccc21. The third-order valence-electron chi connectivity index (χ3n) is 10.0. The number of hydrogen-bond acceptors (Lipinski definition) is 5. The number of rotatable bonds is 6. The molecule has 7 aromatic carbocycles. The molecule has 0 spiro atoms. The van der Waals surface area contributed by atoms with E-state index in [1.807, 2.05) is 60.7 Å². The highest BCUT2D eigenvalue weighted by Crippen LogP contribution is 2.46. The van der Waals surface area contributed by atoms with Gasteiger partial charge < -0.3 is 4.74 Å². The summed E-state index contributed by atoms with van der Waals surface area (Å²) in [5.74, 6) is 2.56. The lowest BCUT2D eigenvalue weighted by molar-refractivity contribution is 0.106. The molecule has 0 radical (unpaired) electrons. The van der Waals surface area contributed by atoms with Gasteiger partial charge in [-0.1, -0.05) is 121 Å². The van der Waals surface area contributed by atoms with Crippen LogP contribution >= 0.6 is 0 Å². The van der Waals surface area contributed by atoms with Gasteiger partial charge in [-0.05, 0) is 101 Å². The number of nitriles is 1. The quantitative estimate of drug-likeness (QED) is 0.173. The van der Waals surface area contributed by atoms with E-state index in [0.29, 0.717) is 23.0 Å². The maximum Gasteiger partial charge on any atom is 0.164 e. The molecule has 0 saturated heterocycles. The fourth-order valence-electron chi connectivity index (χ4n) is 7.20. The lowest BCUT2D eigenvalue weighted by Crippen LogP contribution is -2.29. The van der Waals surface area contributed by atoms with E-state index in [1.165, 1.54) is 0 Å². The first-order valence-electron chi connectivity index (χ1n) is 18.0. The Bertz CT molecular complexity index is 2640. The van der Waals surface area contributed by atoms with Gasteiger partial charge >= 0.3 is 0 Å². The van der Waals surface area contributed by atoms with E-state index in [4.69, 9.17) is 19.7 Å². The van der Waals surface area contributed by atoms with Gasteiger partial charge in [0.15, 0.2) is 17.5 Å². The number of fused-ring (bicyclic) bond motifs is 3. The van der Waals surface area contributed by atoms with Crippen LogP contribution in [-0.4, -0.2) is 15.0 Å². The van der Waals surface area contributed by atoms with E-state index in [0.717, 1.165) is 72.5 Å². The van der Waals surface area contributed by atoms with Crippen molar-refractivity contribution in [1.29, 1.82) is 5.26 Å². The Labute approximate surface area is 314 Å². The molecule has 0 aliphatic carbocycles. The van der Waals surface area contributed by atoms with Crippen molar-refractivity contribution in [2.45, 2.75) is 19.4 Å². The van der Waals surface area contributed by atoms with Crippen LogP contribution in [0.5, 0.6) is 5.75 Å². The fraction of sp³-hybridized carbons (Fsp3) is 0.0612. The number of ether oxygens (including phenoxy) is 1. The molecule has 256 valence electrons. The summed E-state index contributed by atoms with van der Waals surface area (Å²) in [6.45, 7) is 4.21. The zero-order valence-corrected chi connectivity index (χ0v) is 29.9. The summed E-state index contributed by atoms with van der Waals surface area (Å²) in [6.07, 6.45) is 0. The molecule has 0 fully saturated rings. The molecule has 54 heavy (non-hydrogen) atoms. The average molecular weight is 695 g/mol. The summed E-state index contributed by atoms with van der Waals surface area (Å²) >= 11 is 0. The summed E-state index contributed by atoms with van der Waals surface area (Å²) in [5.41, 5.74) is 12.5. The largest absolute Gasteiger partial charge is 0.482 e. The van der Waals surface area contributed by atoms with Crippen molar-refractivity contribution < 1.29 is 4.74 Å². The van der Waals surface area contributed by atoms with Gasteiger partial charge in [0.2, 0.25) is 0 Å². The lowest BCUT2D eigenvalue weighted by Gasteiger charge is -2.35. The van der Waals surface area contributed by atoms with Crippen molar-refractivity contribution >= 4 is 0 Å². The number of hydrogen-bond donors (Lipinski definition) is 0. The predicted octanol–water partition coefficient (Wildman–Crippen LogP) is 12.0. The van der Waals surface area contributed by atoms with Crippen LogP contribution in [0.15, 0.2) is 170 Å². The van der Waals surface area contributed by atoms with Crippen LogP contribution in [0, 0.1) is 11.3 Å². The molecule has 0 atom stereocenters. The molecule has 0 amide bonds. The van der Waals surface area contributed by atoms with Gasteiger partial charge in [-0.3, -0.25) is 0 Å². The first-order valence-corrected chi connectivity index (χ1v) is 18.0. The van der Waals surface area contributed by atoms with Crippen molar-refractivity contribution in [3.05, 3.63) is 181 Å². The van der Waals surface area contributed by atoms with E-state index < -0.39 is 5.60 Å². The van der Waals surface area contributed by atoms with E-state index in [1.54, 1.807) is 0 Å². The van der Waals surface area contributed by atoms with Crippen LogP contribution in [0.25, 0.3) is 78.7 Å². The smallest absolute Gasteiger partial charge is 0.164 e. The van der Waals surface area contributed by atoms with Crippen LogP contribution in [0.1, 0.15) is 25.0 Å². The third kappa shape index (κ3) is 6.21. The van der Waals surface area contributed by atoms with Gasteiger partial charge in [0.05, 0.1) is 11.6 Å². The van der Waals surface area contributed by atoms with Crippen molar-refractivity contribution in [3.63, 3.8) is 0 Å². The molecule has 1 aromatic heterocycles. The highest BCUT2D eigenvalue weighted by molar-refractivity contribution is 5.83. The summed E-state index contributed by atoms with van der Waals surface area (Å²) in [5, 5.41) is 9.26. The monoisotopic (exact) mass is 694 g/mol. The van der Waals surface area contributed by atoms with Crippen LogP contribution in [-0.2, 0) is 5.60 Å². The fourth-order valence-corrected chi connectivity index (χ4v) is 7.20. The van der Waals surface area contributed by atoms with Crippen molar-refractivity contribution in [2.75, 3.05) is 0 Å². The van der Waals surface area contributed by atoms with Gasteiger partial charge in [0, 0.05) is 27.8 Å². The predicted molar refractivity (Wildman–Crippen MR) is 216 cm³/mol. The minimum absolute atomic E-state index is 0.456. The molecule has 0 bridgehead atoms. The molecule has 5 heteroatoms. The molecule has 1 aliphatic heterocycles. The normalized spacial score (nSPS) is 12.5. The van der Waals surface area contributed by atoms with Crippen LogP contribution in [0.2, 0.25) is 0 Å². The first-order chi connectivity index (χ1) is 26.4. The van der Waals surface area contributed by atoms with E-state index in [-0.39, 0.29) is 0 Å². The van der Waals surface area contributed by atoms with Crippen LogP contribution in [0.4, 0.5) is 0 Å². The maximum absolute atomic E-state index is 9.26. The standard InChI is InChI=1S/C49H34N4O/c1-49(2)44-16-10-9-15-42(44)43-30-38(25-26-45(43)54-49)47-51-46(37-23-21-36(22-24-37)35-19-17-32(31-50)18-20-35)52-48(53-47)41-28-39(33-11-5-3-6-12-33)27-40(29-41)34-13-7-4-8-14-34/h3-30H,1-2H3. The number of benzene rings is 7. The average Bonchev–Trinajstić information content (AvgIpc) is 3.24. The van der Waals surface area contributed by atoms with Gasteiger partial charge in [0.1, 0.15) is 11.4 Å². The molecule has 0 saturated carbocycles. The second-order valence-electron chi connectivity index (χ2n) is 14.0. The summed E-state index contributed by atoms with van der Waals surface area (Å²) < 4.78 is 6.52. The minimum atomic E-state index is -0.456. The van der Waals surface area contributed by atoms with E-state index >= 15 is 0 Å². The van der Waals surface area contributed by atoms with Crippen molar-refractivity contribution in [2.24, 2.45) is 0 Å². The Kier molecular flexibility index (Phi) is 8.14. The summed E-state index contributed by atoms with van der Waals surface area (Å²) in [6, 6.07) is 60.0. The highest BCUT2D eigenvalue weighted by Gasteiger charge is 2.32. The Morgan fingerprint density at radius 1 is 0.426 bits per heavy atom. The van der Waals surface area contributed by atoms with Gasteiger partial charge in [-0.2, -0.15) is 5.26 Å². The molecule has 0 N–H and O–H groups in total. The number of nitrogens with zero attached hydrogens (tertiary/aromatic N) is 4. The minimum Gasteiger partial charge on any atom is -0.482 e. The van der Waals surface area contributed by atoms with E-state index in [9.17, 15) is 5.26 Å². The van der Waals surface area contributed by atoms with Crippen molar-refractivity contribution in [3.8, 4) is 90.5 Å². The Balaban J connectivity index is 1.22. The highest BCUT2D eigenvalue weighted by atomic mass is 16.5. The lowest BCUT2D eigenvalue weighted by atomic mass is 9.86. The molecule has 5 nitrogen and oxygen atoms in total. The summed E-state index contributed by atoms with van der Waals surface area (Å²) in [4.78, 5) is 15.5. The van der Waals surface area contributed by atoms with Gasteiger partial charge in [-0.15, -0.1) is 0 Å². The second-order valence-corrected chi connectivity index (χ2v) is 14.0. The molecule has 0 unspecified atom stereocenters. The summed E-state index contributed by atoms with van der Waals surface area (Å²) in [7, 11) is 0. The molecule has 8 aromatic rings. The Morgan fingerprint density at radius 2 is 0.889 bits per heavy atom. The van der Waals surface area contributed by atoms with Gasteiger partial charge in [0.25, 0.3) is 0 Å². The second kappa shape index (κ2) is 13.4. The van der Waals surface area contributed by atoms with Crippen LogP contribution < -0.4 is 4.74 Å². The molecule has 1 aliphatic rings. The molecule has 2 heterocycles. The van der Waals surface area contributed by atoms with Gasteiger partial charge in [-0.25, -0.2) is 15.0 Å².